The SMILES string of the molecule is CCCCCCCCCCC(c1ccc(N)cc1)c1ccc(C(CCC(CCCCC)C2CCCCC2)c2ccc(C(CCCCCCCCCC)c3ccc(N)cc3)cc2)cc1. The van der Waals surface area contributed by atoms with Gasteiger partial charge in [0, 0.05) is 29.1 Å². The summed E-state index contributed by atoms with van der Waals surface area (Å²) in [6.45, 7) is 6.98. The van der Waals surface area contributed by atoms with E-state index in [4.69, 9.17) is 11.5 Å². The quantitative estimate of drug-likeness (QED) is 0.0380. The number of benzene rings is 4. The van der Waals surface area contributed by atoms with Crippen LogP contribution in [0.4, 0.5) is 11.4 Å². The van der Waals surface area contributed by atoms with Crippen molar-refractivity contribution in [3.8, 4) is 0 Å². The lowest BCUT2D eigenvalue weighted by molar-refractivity contribution is 0.215. The molecule has 4 N–H and O–H groups in total. The molecule has 2 nitrogen and oxygen atoms in total. The molecule has 346 valence electrons. The van der Waals surface area contributed by atoms with Gasteiger partial charge in [0.15, 0.2) is 0 Å². The fourth-order valence-electron chi connectivity index (χ4n) is 11.2. The Hall–Kier alpha value is -3.52. The second kappa shape index (κ2) is 29.8. The van der Waals surface area contributed by atoms with E-state index in [1.54, 1.807) is 0 Å². The molecule has 1 aliphatic carbocycles. The van der Waals surface area contributed by atoms with Crippen LogP contribution in [0, 0.1) is 11.8 Å². The van der Waals surface area contributed by atoms with Gasteiger partial charge in [0.05, 0.1) is 0 Å². The van der Waals surface area contributed by atoms with E-state index >= 15 is 0 Å². The minimum Gasteiger partial charge on any atom is -0.399 e. The van der Waals surface area contributed by atoms with Crippen molar-refractivity contribution in [3.05, 3.63) is 130 Å². The van der Waals surface area contributed by atoms with E-state index in [-0.39, 0.29) is 0 Å². The van der Waals surface area contributed by atoms with Crippen LogP contribution < -0.4 is 11.5 Å². The smallest absolute Gasteiger partial charge is 0.0314 e. The summed E-state index contributed by atoms with van der Waals surface area (Å²) in [5.41, 5.74) is 22.8. The van der Waals surface area contributed by atoms with Crippen LogP contribution in [-0.2, 0) is 0 Å². The molecule has 63 heavy (non-hydrogen) atoms. The fourth-order valence-corrected chi connectivity index (χ4v) is 11.2. The maximum absolute atomic E-state index is 6.20. The minimum atomic E-state index is 0.399. The molecule has 0 saturated heterocycles. The monoisotopic (exact) mass is 853 g/mol. The summed E-state index contributed by atoms with van der Waals surface area (Å²) in [4.78, 5) is 0. The summed E-state index contributed by atoms with van der Waals surface area (Å²) in [5.74, 6) is 2.96. The molecule has 1 fully saturated rings. The highest BCUT2D eigenvalue weighted by atomic mass is 14.5. The van der Waals surface area contributed by atoms with Crippen LogP contribution in [0.2, 0.25) is 0 Å². The zero-order valence-electron chi connectivity index (χ0n) is 40.8. The van der Waals surface area contributed by atoms with Gasteiger partial charge in [-0.1, -0.05) is 254 Å². The third-order valence-electron chi connectivity index (χ3n) is 15.2. The number of nitrogen functional groups attached to an aromatic ring is 2. The second-order valence-corrected chi connectivity index (χ2v) is 20.1. The molecule has 0 amide bonds. The summed E-state index contributed by atoms with van der Waals surface area (Å²) in [6.07, 6.45) is 39.3. The highest BCUT2D eigenvalue weighted by Crippen LogP contribution is 2.41. The summed E-state index contributed by atoms with van der Waals surface area (Å²) >= 11 is 0. The highest BCUT2D eigenvalue weighted by molar-refractivity contribution is 5.45. The maximum atomic E-state index is 6.20. The first-order valence-electron chi connectivity index (χ1n) is 26.9. The van der Waals surface area contributed by atoms with Crippen molar-refractivity contribution in [3.63, 3.8) is 0 Å². The van der Waals surface area contributed by atoms with Crippen molar-refractivity contribution in [1.82, 2.24) is 0 Å². The Morgan fingerprint density at radius 2 is 0.619 bits per heavy atom. The van der Waals surface area contributed by atoms with Crippen LogP contribution in [0.15, 0.2) is 97.1 Å². The molecule has 0 spiro atoms. The number of hydrogen-bond acceptors (Lipinski definition) is 2. The van der Waals surface area contributed by atoms with Gasteiger partial charge in [-0.25, -0.2) is 0 Å². The third-order valence-corrected chi connectivity index (χ3v) is 15.2. The van der Waals surface area contributed by atoms with Gasteiger partial charge < -0.3 is 11.5 Å². The highest BCUT2D eigenvalue weighted by Gasteiger charge is 2.26. The molecule has 5 rings (SSSR count). The molecule has 0 aliphatic heterocycles. The first kappa shape index (κ1) is 50.5. The molecule has 0 aromatic heterocycles. The molecule has 1 saturated carbocycles. The van der Waals surface area contributed by atoms with E-state index in [1.165, 1.54) is 220 Å². The van der Waals surface area contributed by atoms with Gasteiger partial charge in [0.25, 0.3) is 0 Å². The number of rotatable bonds is 32. The predicted octanol–water partition coefficient (Wildman–Crippen LogP) is 18.9. The van der Waals surface area contributed by atoms with Crippen LogP contribution in [-0.4, -0.2) is 0 Å². The number of anilines is 2. The maximum Gasteiger partial charge on any atom is 0.0314 e. The molecule has 3 atom stereocenters. The first-order chi connectivity index (χ1) is 31.0. The van der Waals surface area contributed by atoms with Crippen molar-refractivity contribution in [1.29, 1.82) is 0 Å². The average Bonchev–Trinajstić information content (AvgIpc) is 3.32. The van der Waals surface area contributed by atoms with E-state index in [0.29, 0.717) is 17.8 Å². The Balaban J connectivity index is 1.38. The lowest BCUT2D eigenvalue weighted by atomic mass is 9.74. The lowest BCUT2D eigenvalue weighted by Crippen LogP contribution is -2.19. The average molecular weight is 853 g/mol. The number of hydrogen-bond donors (Lipinski definition) is 2. The molecular formula is C61H92N2. The van der Waals surface area contributed by atoms with Gasteiger partial charge in [0.2, 0.25) is 0 Å². The van der Waals surface area contributed by atoms with Gasteiger partial charge in [-0.3, -0.25) is 0 Å². The Morgan fingerprint density at radius 3 is 0.984 bits per heavy atom. The van der Waals surface area contributed by atoms with Crippen molar-refractivity contribution < 1.29 is 0 Å². The predicted molar refractivity (Wildman–Crippen MR) is 278 cm³/mol. The minimum absolute atomic E-state index is 0.399. The van der Waals surface area contributed by atoms with E-state index in [1.807, 2.05) is 0 Å². The summed E-state index contributed by atoms with van der Waals surface area (Å²) in [6, 6.07) is 37.5. The van der Waals surface area contributed by atoms with Crippen molar-refractivity contribution in [2.45, 2.75) is 225 Å². The molecule has 1 aliphatic rings. The Kier molecular flexibility index (Phi) is 23.9. The van der Waals surface area contributed by atoms with E-state index in [2.05, 4.69) is 118 Å². The molecule has 0 radical (unpaired) electrons. The van der Waals surface area contributed by atoms with Crippen molar-refractivity contribution >= 4 is 11.4 Å². The van der Waals surface area contributed by atoms with E-state index in [9.17, 15) is 0 Å². The molecule has 2 heteroatoms. The normalized spacial score (nSPS) is 15.3. The lowest BCUT2D eigenvalue weighted by Gasteiger charge is -2.32. The van der Waals surface area contributed by atoms with Crippen LogP contribution in [0.25, 0.3) is 0 Å². The number of nitrogens with two attached hydrogens (primary N) is 2. The van der Waals surface area contributed by atoms with Crippen LogP contribution >= 0.6 is 0 Å². The summed E-state index contributed by atoms with van der Waals surface area (Å²) in [7, 11) is 0. The fraction of sp³-hybridized carbons (Fsp3) is 0.607. The van der Waals surface area contributed by atoms with Gasteiger partial charge in [-0.2, -0.15) is 0 Å². The first-order valence-corrected chi connectivity index (χ1v) is 26.9. The zero-order valence-corrected chi connectivity index (χ0v) is 40.8. The van der Waals surface area contributed by atoms with Crippen LogP contribution in [0.1, 0.15) is 258 Å². The van der Waals surface area contributed by atoms with Crippen LogP contribution in [0.3, 0.4) is 0 Å². The van der Waals surface area contributed by atoms with Crippen molar-refractivity contribution in [2.24, 2.45) is 11.8 Å². The van der Waals surface area contributed by atoms with Crippen molar-refractivity contribution in [2.75, 3.05) is 11.5 Å². The Bertz CT molecular complexity index is 1600. The zero-order chi connectivity index (χ0) is 44.3. The van der Waals surface area contributed by atoms with Gasteiger partial charge in [0.1, 0.15) is 0 Å². The van der Waals surface area contributed by atoms with E-state index in [0.717, 1.165) is 23.2 Å². The second-order valence-electron chi connectivity index (χ2n) is 20.1. The number of unbranched alkanes of at least 4 members (excludes halogenated alkanes) is 16. The molecule has 0 heterocycles. The van der Waals surface area contributed by atoms with Gasteiger partial charge in [-0.05, 0) is 95.2 Å². The topological polar surface area (TPSA) is 52.0 Å². The van der Waals surface area contributed by atoms with Gasteiger partial charge >= 0.3 is 0 Å². The summed E-state index contributed by atoms with van der Waals surface area (Å²) < 4.78 is 0. The molecule has 4 aromatic rings. The molecule has 0 bridgehead atoms. The van der Waals surface area contributed by atoms with Crippen LogP contribution in [0.5, 0.6) is 0 Å². The summed E-state index contributed by atoms with van der Waals surface area (Å²) in [5, 5.41) is 0. The third kappa shape index (κ3) is 17.8. The molecule has 3 unspecified atom stereocenters. The molecule has 4 aromatic carbocycles. The Labute approximate surface area is 388 Å². The van der Waals surface area contributed by atoms with E-state index < -0.39 is 0 Å². The van der Waals surface area contributed by atoms with Gasteiger partial charge in [-0.15, -0.1) is 0 Å². The molecular weight excluding hydrogens is 761 g/mol. The largest absolute Gasteiger partial charge is 0.399 e. The Morgan fingerprint density at radius 1 is 0.333 bits per heavy atom. The standard InChI is InChI=1S/C61H92N2/c1-4-7-10-12-14-16-18-24-29-59(55-39-44-57(62)45-40-55)51-31-35-53(36-32-51)61(48-43-50(26-21-9-6-3)49-27-22-20-23-28-49)54-37-33-52(34-38-54)60(56-41-46-58(63)47-42-56)30-25-19-17-15-13-11-8-5-2/h31-42,44-47,49-50,59-61H,4-30,43,48,62-63H2,1-3H3.